The van der Waals surface area contributed by atoms with Crippen molar-refractivity contribution in [3.05, 3.63) is 29.8 Å². The minimum atomic E-state index is 0. The van der Waals surface area contributed by atoms with Crippen LogP contribution in [0.5, 0.6) is 5.75 Å². The fraction of sp³-hybridized carbons (Fsp3) is 0.611. The maximum Gasteiger partial charge on any atom is 0.191 e. The molecule has 0 heterocycles. The molecule has 0 unspecified atom stereocenters. The van der Waals surface area contributed by atoms with Crippen molar-refractivity contribution >= 4 is 29.9 Å². The molecule has 4 nitrogen and oxygen atoms in total. The summed E-state index contributed by atoms with van der Waals surface area (Å²) in [4.78, 5) is 4.71. The van der Waals surface area contributed by atoms with E-state index in [2.05, 4.69) is 36.6 Å². The Bertz CT molecular complexity index is 468. The molecule has 0 bridgehead atoms. The molecule has 1 aliphatic carbocycles. The van der Waals surface area contributed by atoms with E-state index in [1.807, 2.05) is 12.1 Å². The first kappa shape index (κ1) is 20.1. The van der Waals surface area contributed by atoms with Crippen molar-refractivity contribution in [2.24, 2.45) is 10.9 Å². The van der Waals surface area contributed by atoms with Crippen LogP contribution >= 0.6 is 24.0 Å². The number of rotatable bonds is 5. The van der Waals surface area contributed by atoms with Crippen LogP contribution in [0.15, 0.2) is 29.3 Å². The van der Waals surface area contributed by atoms with Gasteiger partial charge in [-0.15, -0.1) is 24.0 Å². The molecule has 2 rings (SSSR count). The number of nitrogens with zero attached hydrogens (tertiary/aromatic N) is 1. The summed E-state index contributed by atoms with van der Waals surface area (Å²) in [5, 5.41) is 6.93. The highest BCUT2D eigenvalue weighted by Crippen LogP contribution is 2.23. The Kier molecular flexibility index (Phi) is 9.36. The fourth-order valence-electron chi connectivity index (χ4n) is 2.82. The number of methoxy groups -OCH3 is 1. The number of guanidine groups is 1. The van der Waals surface area contributed by atoms with Crippen LogP contribution in [0.1, 0.15) is 45.1 Å². The molecule has 5 heteroatoms. The first-order valence-electron chi connectivity index (χ1n) is 8.39. The molecule has 0 atom stereocenters. The van der Waals surface area contributed by atoms with Crippen LogP contribution in [0.3, 0.4) is 0 Å². The second-order valence-electron chi connectivity index (χ2n) is 6.14. The van der Waals surface area contributed by atoms with Crippen molar-refractivity contribution < 1.29 is 4.74 Å². The zero-order valence-electron chi connectivity index (χ0n) is 14.5. The maximum absolute atomic E-state index is 5.18. The zero-order valence-corrected chi connectivity index (χ0v) is 16.8. The molecule has 0 aliphatic heterocycles. The summed E-state index contributed by atoms with van der Waals surface area (Å²) >= 11 is 0. The average molecular weight is 431 g/mol. The number of aliphatic imine (C=N–C) groups is 1. The number of nitrogens with one attached hydrogen (secondary N) is 2. The third-order valence-electron chi connectivity index (χ3n) is 4.28. The first-order chi connectivity index (χ1) is 10.7. The van der Waals surface area contributed by atoms with Crippen LogP contribution in [-0.2, 0) is 6.54 Å². The van der Waals surface area contributed by atoms with Gasteiger partial charge in [-0.3, -0.25) is 0 Å². The van der Waals surface area contributed by atoms with E-state index in [0.717, 1.165) is 24.2 Å². The van der Waals surface area contributed by atoms with E-state index in [0.29, 0.717) is 12.6 Å². The van der Waals surface area contributed by atoms with Crippen LogP contribution in [0, 0.1) is 5.92 Å². The van der Waals surface area contributed by atoms with Crippen molar-refractivity contribution in [3.8, 4) is 5.75 Å². The third-order valence-corrected chi connectivity index (χ3v) is 4.28. The van der Waals surface area contributed by atoms with E-state index < -0.39 is 0 Å². The van der Waals surface area contributed by atoms with E-state index >= 15 is 0 Å². The molecule has 130 valence electrons. The Morgan fingerprint density at radius 1 is 1.17 bits per heavy atom. The maximum atomic E-state index is 5.18. The lowest BCUT2D eigenvalue weighted by Gasteiger charge is -2.28. The van der Waals surface area contributed by atoms with Crippen molar-refractivity contribution in [2.75, 3.05) is 13.7 Å². The lowest BCUT2D eigenvalue weighted by molar-refractivity contribution is 0.329. The van der Waals surface area contributed by atoms with Crippen molar-refractivity contribution in [2.45, 2.75) is 52.1 Å². The number of hydrogen-bond donors (Lipinski definition) is 2. The van der Waals surface area contributed by atoms with E-state index in [1.165, 1.54) is 31.2 Å². The Hall–Kier alpha value is -0.980. The highest BCUT2D eigenvalue weighted by Gasteiger charge is 2.18. The van der Waals surface area contributed by atoms with Crippen LogP contribution in [-0.4, -0.2) is 25.7 Å². The predicted octanol–water partition coefficient (Wildman–Crippen LogP) is 3.95. The monoisotopic (exact) mass is 431 g/mol. The van der Waals surface area contributed by atoms with Gasteiger partial charge in [-0.05, 0) is 56.2 Å². The summed E-state index contributed by atoms with van der Waals surface area (Å²) < 4.78 is 5.18. The smallest absolute Gasteiger partial charge is 0.191 e. The minimum Gasteiger partial charge on any atom is -0.497 e. The lowest BCUT2D eigenvalue weighted by Crippen LogP contribution is -2.44. The summed E-state index contributed by atoms with van der Waals surface area (Å²) in [5.74, 6) is 2.68. The van der Waals surface area contributed by atoms with Crippen molar-refractivity contribution in [1.29, 1.82) is 0 Å². The topological polar surface area (TPSA) is 45.7 Å². The summed E-state index contributed by atoms with van der Waals surface area (Å²) in [7, 11) is 1.69. The molecule has 0 amide bonds. The minimum absolute atomic E-state index is 0. The van der Waals surface area contributed by atoms with Crippen LogP contribution in [0.2, 0.25) is 0 Å². The standard InChI is InChI=1S/C18H29N3O.HI/c1-4-19-18(21-16-9-5-14(2)6-10-16)20-13-15-7-11-17(22-3)12-8-15;/h7-8,11-12,14,16H,4-6,9-10,13H2,1-3H3,(H2,19,20,21);1H. The van der Waals surface area contributed by atoms with Gasteiger partial charge in [0.05, 0.1) is 13.7 Å². The van der Waals surface area contributed by atoms with Gasteiger partial charge < -0.3 is 15.4 Å². The molecule has 1 aromatic rings. The molecule has 0 aromatic heterocycles. The second-order valence-corrected chi connectivity index (χ2v) is 6.14. The molecule has 1 aliphatic rings. The van der Waals surface area contributed by atoms with Gasteiger partial charge in [-0.1, -0.05) is 19.1 Å². The Balaban J connectivity index is 0.00000264. The van der Waals surface area contributed by atoms with Gasteiger partial charge in [0.15, 0.2) is 5.96 Å². The van der Waals surface area contributed by atoms with E-state index in [1.54, 1.807) is 7.11 Å². The number of benzene rings is 1. The molecule has 0 radical (unpaired) electrons. The molecule has 1 fully saturated rings. The SMILES string of the molecule is CCNC(=NCc1ccc(OC)cc1)NC1CCC(C)CC1.I. The highest BCUT2D eigenvalue weighted by atomic mass is 127. The van der Waals surface area contributed by atoms with Gasteiger partial charge in [0, 0.05) is 12.6 Å². The molecule has 0 saturated heterocycles. The van der Waals surface area contributed by atoms with Gasteiger partial charge in [0.25, 0.3) is 0 Å². The average Bonchev–Trinajstić information content (AvgIpc) is 2.55. The van der Waals surface area contributed by atoms with Crippen LogP contribution in [0.25, 0.3) is 0 Å². The normalized spacial score (nSPS) is 21.3. The highest BCUT2D eigenvalue weighted by molar-refractivity contribution is 14.0. The predicted molar refractivity (Wildman–Crippen MR) is 108 cm³/mol. The second kappa shape index (κ2) is 10.7. The molecule has 1 aromatic carbocycles. The van der Waals surface area contributed by atoms with Gasteiger partial charge in [0.2, 0.25) is 0 Å². The molecular weight excluding hydrogens is 401 g/mol. The molecule has 23 heavy (non-hydrogen) atoms. The Morgan fingerprint density at radius 2 is 1.83 bits per heavy atom. The number of hydrogen-bond acceptors (Lipinski definition) is 2. The van der Waals surface area contributed by atoms with Crippen molar-refractivity contribution in [3.63, 3.8) is 0 Å². The molecule has 2 N–H and O–H groups in total. The summed E-state index contributed by atoms with van der Waals surface area (Å²) in [6, 6.07) is 8.65. The van der Waals surface area contributed by atoms with Crippen LogP contribution in [0.4, 0.5) is 0 Å². The first-order valence-corrected chi connectivity index (χ1v) is 8.39. The van der Waals surface area contributed by atoms with E-state index in [4.69, 9.17) is 9.73 Å². The summed E-state index contributed by atoms with van der Waals surface area (Å²) in [5.41, 5.74) is 1.19. The molecule has 1 saturated carbocycles. The van der Waals surface area contributed by atoms with E-state index in [-0.39, 0.29) is 24.0 Å². The fourth-order valence-corrected chi connectivity index (χ4v) is 2.82. The quantitative estimate of drug-likeness (QED) is 0.422. The molecule has 0 spiro atoms. The number of halogens is 1. The van der Waals surface area contributed by atoms with Gasteiger partial charge >= 0.3 is 0 Å². The Morgan fingerprint density at radius 3 is 2.39 bits per heavy atom. The zero-order chi connectivity index (χ0) is 15.8. The van der Waals surface area contributed by atoms with Gasteiger partial charge in [0.1, 0.15) is 5.75 Å². The third kappa shape index (κ3) is 6.97. The lowest BCUT2D eigenvalue weighted by atomic mass is 9.87. The largest absolute Gasteiger partial charge is 0.497 e. The van der Waals surface area contributed by atoms with E-state index in [9.17, 15) is 0 Å². The van der Waals surface area contributed by atoms with Crippen LogP contribution < -0.4 is 15.4 Å². The van der Waals surface area contributed by atoms with Gasteiger partial charge in [-0.25, -0.2) is 4.99 Å². The summed E-state index contributed by atoms with van der Waals surface area (Å²) in [6.45, 7) is 6.02. The Labute approximate surface area is 157 Å². The van der Waals surface area contributed by atoms with Crippen molar-refractivity contribution in [1.82, 2.24) is 10.6 Å². The van der Waals surface area contributed by atoms with Gasteiger partial charge in [-0.2, -0.15) is 0 Å². The number of ether oxygens (including phenoxy) is 1. The summed E-state index contributed by atoms with van der Waals surface area (Å²) in [6.07, 6.45) is 5.12. The molecular formula is C18H30IN3O.